The van der Waals surface area contributed by atoms with Crippen LogP contribution >= 0.6 is 0 Å². The molecule has 1 saturated heterocycles. The van der Waals surface area contributed by atoms with Crippen LogP contribution in [-0.2, 0) is 9.59 Å². The molecule has 1 heterocycles. The zero-order valence-electron chi connectivity index (χ0n) is 12.2. The SMILES string of the molecule is CNC(CN1C(=O)C2C(C1=O)C2(C)C)C(C)(C)C. The number of imide groups is 1. The van der Waals surface area contributed by atoms with E-state index in [1.54, 1.807) is 0 Å². The monoisotopic (exact) mass is 252 g/mol. The van der Waals surface area contributed by atoms with E-state index in [1.165, 1.54) is 4.90 Å². The summed E-state index contributed by atoms with van der Waals surface area (Å²) < 4.78 is 0. The molecule has 102 valence electrons. The standard InChI is InChI=1S/C14H24N2O2/c1-13(2,3)8(15-6)7-16-11(17)9-10(12(16)18)14(9,4)5/h8-10,15H,7H2,1-6H3. The summed E-state index contributed by atoms with van der Waals surface area (Å²) in [4.78, 5) is 25.9. The molecule has 18 heavy (non-hydrogen) atoms. The summed E-state index contributed by atoms with van der Waals surface area (Å²) in [7, 11) is 1.88. The third-order valence-electron chi connectivity index (χ3n) is 4.65. The molecule has 0 spiro atoms. The van der Waals surface area contributed by atoms with Crippen molar-refractivity contribution in [3.63, 3.8) is 0 Å². The lowest BCUT2D eigenvalue weighted by atomic mass is 9.86. The predicted molar refractivity (Wildman–Crippen MR) is 69.8 cm³/mol. The minimum absolute atomic E-state index is 0.0254. The summed E-state index contributed by atoms with van der Waals surface area (Å²) in [6.07, 6.45) is 0. The van der Waals surface area contributed by atoms with Crippen molar-refractivity contribution in [1.82, 2.24) is 10.2 Å². The van der Waals surface area contributed by atoms with E-state index in [1.807, 2.05) is 20.9 Å². The summed E-state index contributed by atoms with van der Waals surface area (Å²) in [5.41, 5.74) is -0.0842. The molecule has 4 nitrogen and oxygen atoms in total. The molecule has 0 aromatic heterocycles. The van der Waals surface area contributed by atoms with Crippen molar-refractivity contribution < 1.29 is 9.59 Å². The first kappa shape index (κ1) is 13.5. The van der Waals surface area contributed by atoms with Crippen molar-refractivity contribution in [2.75, 3.05) is 13.6 Å². The third-order valence-corrected chi connectivity index (χ3v) is 4.65. The number of amides is 2. The normalized spacial score (nSPS) is 31.6. The Bertz CT molecular complexity index is 371. The third kappa shape index (κ3) is 1.78. The number of carbonyl (C=O) groups is 2. The maximum atomic E-state index is 12.2. The Morgan fingerprint density at radius 2 is 1.67 bits per heavy atom. The highest BCUT2D eigenvalue weighted by atomic mass is 16.2. The van der Waals surface area contributed by atoms with Crippen LogP contribution in [0.4, 0.5) is 0 Å². The molecule has 2 fully saturated rings. The zero-order valence-corrected chi connectivity index (χ0v) is 12.2. The average Bonchev–Trinajstić information content (AvgIpc) is 2.68. The number of nitrogens with zero attached hydrogens (tertiary/aromatic N) is 1. The molecular formula is C14H24N2O2. The molecule has 0 aromatic carbocycles. The van der Waals surface area contributed by atoms with Gasteiger partial charge in [-0.1, -0.05) is 34.6 Å². The lowest BCUT2D eigenvalue weighted by Crippen LogP contribution is -2.50. The molecule has 0 bridgehead atoms. The second kappa shape index (κ2) is 3.80. The number of rotatable bonds is 3. The van der Waals surface area contributed by atoms with Gasteiger partial charge in [-0.3, -0.25) is 14.5 Å². The Morgan fingerprint density at radius 1 is 1.22 bits per heavy atom. The number of hydrogen-bond donors (Lipinski definition) is 1. The Morgan fingerprint density at radius 3 is 2.00 bits per heavy atom. The second-order valence-electron chi connectivity index (χ2n) is 7.27. The van der Waals surface area contributed by atoms with Gasteiger partial charge >= 0.3 is 0 Å². The van der Waals surface area contributed by atoms with Crippen LogP contribution in [0.25, 0.3) is 0 Å². The molecule has 2 aliphatic rings. The molecule has 2 rings (SSSR count). The van der Waals surface area contributed by atoms with Crippen molar-refractivity contribution in [3.05, 3.63) is 0 Å². The number of fused-ring (bicyclic) bond motifs is 1. The highest BCUT2D eigenvalue weighted by molar-refractivity contribution is 6.10. The second-order valence-corrected chi connectivity index (χ2v) is 7.27. The minimum Gasteiger partial charge on any atom is -0.315 e. The van der Waals surface area contributed by atoms with E-state index in [4.69, 9.17) is 0 Å². The fraction of sp³-hybridized carbons (Fsp3) is 0.857. The van der Waals surface area contributed by atoms with Gasteiger partial charge in [-0.15, -0.1) is 0 Å². The van der Waals surface area contributed by atoms with E-state index in [2.05, 4.69) is 26.1 Å². The number of likely N-dealkylation sites (tertiary alicyclic amines) is 1. The molecule has 0 radical (unpaired) electrons. The molecule has 4 heteroatoms. The summed E-state index contributed by atoms with van der Waals surface area (Å²) in [5.74, 6) is -0.0797. The number of carbonyl (C=O) groups excluding carboxylic acids is 2. The van der Waals surface area contributed by atoms with E-state index < -0.39 is 0 Å². The molecule has 1 aliphatic carbocycles. The lowest BCUT2D eigenvalue weighted by Gasteiger charge is -2.34. The van der Waals surface area contributed by atoms with Gasteiger partial charge in [0.05, 0.1) is 11.8 Å². The maximum absolute atomic E-state index is 12.2. The van der Waals surface area contributed by atoms with Gasteiger partial charge in [0.25, 0.3) is 0 Å². The van der Waals surface area contributed by atoms with Crippen LogP contribution in [0.1, 0.15) is 34.6 Å². The van der Waals surface area contributed by atoms with Gasteiger partial charge < -0.3 is 5.32 Å². The van der Waals surface area contributed by atoms with Crippen LogP contribution in [0, 0.1) is 22.7 Å². The van der Waals surface area contributed by atoms with Crippen LogP contribution in [0.15, 0.2) is 0 Å². The molecule has 1 saturated carbocycles. The van der Waals surface area contributed by atoms with Crippen molar-refractivity contribution in [1.29, 1.82) is 0 Å². The largest absolute Gasteiger partial charge is 0.315 e. The Kier molecular flexibility index (Phi) is 2.85. The fourth-order valence-electron chi connectivity index (χ4n) is 3.16. The summed E-state index contributed by atoms with van der Waals surface area (Å²) in [5, 5.41) is 3.21. The van der Waals surface area contributed by atoms with Crippen molar-refractivity contribution in [3.8, 4) is 0 Å². The average molecular weight is 252 g/mol. The van der Waals surface area contributed by atoms with Gasteiger partial charge in [-0.25, -0.2) is 0 Å². The number of nitrogens with one attached hydrogen (secondary N) is 1. The maximum Gasteiger partial charge on any atom is 0.233 e. The molecule has 3 unspecified atom stereocenters. The molecule has 1 N–H and O–H groups in total. The molecule has 0 aromatic rings. The number of hydrogen-bond acceptors (Lipinski definition) is 3. The van der Waals surface area contributed by atoms with Crippen molar-refractivity contribution >= 4 is 11.8 Å². The first-order valence-corrected chi connectivity index (χ1v) is 6.65. The number of likely N-dealkylation sites (N-methyl/N-ethyl adjacent to an activating group) is 1. The van der Waals surface area contributed by atoms with Crippen LogP contribution in [0.2, 0.25) is 0 Å². The van der Waals surface area contributed by atoms with Crippen molar-refractivity contribution in [2.24, 2.45) is 22.7 Å². The smallest absolute Gasteiger partial charge is 0.233 e. The van der Waals surface area contributed by atoms with Crippen LogP contribution in [-0.4, -0.2) is 36.3 Å². The highest BCUT2D eigenvalue weighted by Gasteiger charge is 2.72. The van der Waals surface area contributed by atoms with Gasteiger partial charge in [0.1, 0.15) is 0 Å². The highest BCUT2D eigenvalue weighted by Crippen LogP contribution is 2.63. The Hall–Kier alpha value is -0.900. The Balaban J connectivity index is 2.09. The van der Waals surface area contributed by atoms with E-state index in [0.717, 1.165) is 0 Å². The zero-order chi connectivity index (χ0) is 13.9. The van der Waals surface area contributed by atoms with E-state index in [-0.39, 0.29) is 40.5 Å². The van der Waals surface area contributed by atoms with Gasteiger partial charge in [0.2, 0.25) is 11.8 Å². The first-order valence-electron chi connectivity index (χ1n) is 6.65. The predicted octanol–water partition coefficient (Wildman–Crippen LogP) is 1.26. The summed E-state index contributed by atoms with van der Waals surface area (Å²) in [6.45, 7) is 10.8. The van der Waals surface area contributed by atoms with E-state index in [0.29, 0.717) is 6.54 Å². The summed E-state index contributed by atoms with van der Waals surface area (Å²) in [6, 6.07) is 0.131. The quantitative estimate of drug-likeness (QED) is 0.769. The molecule has 1 aliphatic heterocycles. The van der Waals surface area contributed by atoms with Gasteiger partial charge in [0.15, 0.2) is 0 Å². The van der Waals surface area contributed by atoms with Crippen LogP contribution in [0.3, 0.4) is 0 Å². The molecule has 2 amide bonds. The Labute approximate surface area is 109 Å². The van der Waals surface area contributed by atoms with Gasteiger partial charge in [-0.05, 0) is 17.9 Å². The van der Waals surface area contributed by atoms with Crippen LogP contribution < -0.4 is 5.32 Å². The first-order chi connectivity index (χ1) is 8.12. The van der Waals surface area contributed by atoms with Crippen molar-refractivity contribution in [2.45, 2.75) is 40.7 Å². The lowest BCUT2D eigenvalue weighted by molar-refractivity contribution is -0.143. The van der Waals surface area contributed by atoms with E-state index >= 15 is 0 Å². The van der Waals surface area contributed by atoms with E-state index in [9.17, 15) is 9.59 Å². The summed E-state index contributed by atoms with van der Waals surface area (Å²) >= 11 is 0. The topological polar surface area (TPSA) is 49.4 Å². The molecular weight excluding hydrogens is 228 g/mol. The van der Waals surface area contributed by atoms with Crippen LogP contribution in [0.5, 0.6) is 0 Å². The molecule has 3 atom stereocenters. The fourth-order valence-corrected chi connectivity index (χ4v) is 3.16. The van der Waals surface area contributed by atoms with Gasteiger partial charge in [0, 0.05) is 12.6 Å². The minimum atomic E-state index is -0.110. The number of piperidine rings is 1. The van der Waals surface area contributed by atoms with Gasteiger partial charge in [-0.2, -0.15) is 0 Å².